The highest BCUT2D eigenvalue weighted by Gasteiger charge is 2.32. The Labute approximate surface area is 120 Å². The summed E-state index contributed by atoms with van der Waals surface area (Å²) in [7, 11) is 0. The Morgan fingerprint density at radius 3 is 2.65 bits per heavy atom. The Hall–Kier alpha value is -1.57. The largest absolute Gasteiger partial charge is 0.493 e. The molecule has 0 heterocycles. The van der Waals surface area contributed by atoms with Crippen LogP contribution in [0, 0.1) is 11.3 Å². The third-order valence-electron chi connectivity index (χ3n) is 3.54. The van der Waals surface area contributed by atoms with Crippen molar-refractivity contribution in [3.05, 3.63) is 29.8 Å². The van der Waals surface area contributed by atoms with Crippen LogP contribution in [-0.2, 0) is 6.42 Å². The highest BCUT2D eigenvalue weighted by Crippen LogP contribution is 2.24. The Bertz CT molecular complexity index is 462. The van der Waals surface area contributed by atoms with E-state index in [1.807, 2.05) is 31.2 Å². The van der Waals surface area contributed by atoms with Crippen molar-refractivity contribution < 1.29 is 9.84 Å². The minimum atomic E-state index is -0.502. The summed E-state index contributed by atoms with van der Waals surface area (Å²) in [6, 6.07) is 10.6. The van der Waals surface area contributed by atoms with Gasteiger partial charge in [-0.1, -0.05) is 12.1 Å². The third-order valence-corrected chi connectivity index (χ3v) is 3.54. The van der Waals surface area contributed by atoms with Crippen molar-refractivity contribution in [2.24, 2.45) is 0 Å². The molecule has 1 fully saturated rings. The van der Waals surface area contributed by atoms with E-state index in [-0.39, 0.29) is 6.61 Å². The average Bonchev–Trinajstić information content (AvgIpc) is 3.25. The van der Waals surface area contributed by atoms with E-state index < -0.39 is 5.54 Å². The zero-order valence-electron chi connectivity index (χ0n) is 11.9. The maximum Gasteiger partial charge on any atom is 0.119 e. The number of aliphatic hydroxyl groups excluding tert-OH is 1. The molecule has 0 aromatic heterocycles. The van der Waals surface area contributed by atoms with E-state index in [1.54, 1.807) is 0 Å². The van der Waals surface area contributed by atoms with Crippen molar-refractivity contribution in [2.75, 3.05) is 13.2 Å². The predicted molar refractivity (Wildman–Crippen MR) is 77.5 cm³/mol. The first-order chi connectivity index (χ1) is 9.65. The molecule has 2 N–H and O–H groups in total. The van der Waals surface area contributed by atoms with Crippen molar-refractivity contribution in [3.63, 3.8) is 0 Å². The lowest BCUT2D eigenvalue weighted by atomic mass is 10.0. The van der Waals surface area contributed by atoms with Crippen molar-refractivity contribution >= 4 is 0 Å². The molecule has 1 aliphatic rings. The highest BCUT2D eigenvalue weighted by atomic mass is 16.5. The van der Waals surface area contributed by atoms with Crippen molar-refractivity contribution in [3.8, 4) is 11.8 Å². The van der Waals surface area contributed by atoms with Gasteiger partial charge in [-0.05, 0) is 43.9 Å². The van der Waals surface area contributed by atoms with Crippen molar-refractivity contribution in [1.82, 2.24) is 5.32 Å². The van der Waals surface area contributed by atoms with E-state index in [0.29, 0.717) is 25.5 Å². The second-order valence-electron chi connectivity index (χ2n) is 5.58. The maximum absolute atomic E-state index is 9.26. The van der Waals surface area contributed by atoms with Gasteiger partial charge in [0.25, 0.3) is 0 Å². The van der Waals surface area contributed by atoms with Gasteiger partial charge in [0, 0.05) is 19.1 Å². The Morgan fingerprint density at radius 2 is 2.10 bits per heavy atom. The molecule has 0 saturated heterocycles. The van der Waals surface area contributed by atoms with Gasteiger partial charge in [0.1, 0.15) is 11.3 Å². The molecule has 20 heavy (non-hydrogen) atoms. The number of aliphatic hydroxyl groups is 1. The molecule has 1 unspecified atom stereocenters. The van der Waals surface area contributed by atoms with Gasteiger partial charge in [0.2, 0.25) is 0 Å². The quantitative estimate of drug-likeness (QED) is 0.761. The lowest BCUT2D eigenvalue weighted by Crippen LogP contribution is -2.43. The van der Waals surface area contributed by atoms with Crippen LogP contribution in [0.3, 0.4) is 0 Å². The molecule has 0 aliphatic heterocycles. The summed E-state index contributed by atoms with van der Waals surface area (Å²) in [4.78, 5) is 0. The molecule has 4 nitrogen and oxygen atoms in total. The summed E-state index contributed by atoms with van der Waals surface area (Å²) >= 11 is 0. The SMILES string of the molecule is CC(C#N)(CCOc1ccc(CCO)cc1)NC1CC1. The molecule has 1 aliphatic carbocycles. The average molecular weight is 274 g/mol. The van der Waals surface area contributed by atoms with Crippen LogP contribution in [0.25, 0.3) is 0 Å². The molecule has 108 valence electrons. The van der Waals surface area contributed by atoms with E-state index >= 15 is 0 Å². The molecule has 0 amide bonds. The van der Waals surface area contributed by atoms with Crippen LogP contribution in [0.15, 0.2) is 24.3 Å². The number of nitrogens with one attached hydrogen (secondary N) is 1. The summed E-state index contributed by atoms with van der Waals surface area (Å²) in [5, 5.41) is 21.5. The minimum Gasteiger partial charge on any atom is -0.493 e. The zero-order chi connectivity index (χ0) is 14.4. The number of nitrogens with zero attached hydrogens (tertiary/aromatic N) is 1. The van der Waals surface area contributed by atoms with Crippen LogP contribution < -0.4 is 10.1 Å². The molecule has 4 heteroatoms. The van der Waals surface area contributed by atoms with Gasteiger partial charge in [-0.3, -0.25) is 5.32 Å². The van der Waals surface area contributed by atoms with Gasteiger partial charge in [-0.2, -0.15) is 5.26 Å². The topological polar surface area (TPSA) is 65.3 Å². The second kappa shape index (κ2) is 6.74. The molecule has 0 spiro atoms. The summed E-state index contributed by atoms with van der Waals surface area (Å²) < 4.78 is 5.69. The molecule has 1 aromatic rings. The third kappa shape index (κ3) is 4.52. The van der Waals surface area contributed by atoms with E-state index in [0.717, 1.165) is 11.3 Å². The van der Waals surface area contributed by atoms with E-state index in [4.69, 9.17) is 9.84 Å². The second-order valence-corrected chi connectivity index (χ2v) is 5.58. The monoisotopic (exact) mass is 274 g/mol. The lowest BCUT2D eigenvalue weighted by molar-refractivity contribution is 0.266. The smallest absolute Gasteiger partial charge is 0.119 e. The number of hydrogen-bond acceptors (Lipinski definition) is 4. The van der Waals surface area contributed by atoms with Gasteiger partial charge in [-0.15, -0.1) is 0 Å². The van der Waals surface area contributed by atoms with Crippen LogP contribution in [-0.4, -0.2) is 29.9 Å². The number of hydrogen-bond donors (Lipinski definition) is 2. The lowest BCUT2D eigenvalue weighted by Gasteiger charge is -2.23. The molecule has 0 bridgehead atoms. The molecular formula is C16H22N2O2. The van der Waals surface area contributed by atoms with Crippen molar-refractivity contribution in [2.45, 2.75) is 44.2 Å². The van der Waals surface area contributed by atoms with E-state index in [1.165, 1.54) is 12.8 Å². The number of ether oxygens (including phenoxy) is 1. The molecular weight excluding hydrogens is 252 g/mol. The Kier molecular flexibility index (Phi) is 4.99. The first-order valence-electron chi connectivity index (χ1n) is 7.17. The van der Waals surface area contributed by atoms with Crippen LogP contribution in [0.2, 0.25) is 0 Å². The van der Waals surface area contributed by atoms with Gasteiger partial charge in [0.15, 0.2) is 0 Å². The predicted octanol–water partition coefficient (Wildman–Crippen LogP) is 2.02. The van der Waals surface area contributed by atoms with Crippen LogP contribution in [0.4, 0.5) is 0 Å². The summed E-state index contributed by atoms with van der Waals surface area (Å²) in [6.45, 7) is 2.61. The van der Waals surface area contributed by atoms with Crippen LogP contribution in [0.5, 0.6) is 5.75 Å². The van der Waals surface area contributed by atoms with Crippen LogP contribution >= 0.6 is 0 Å². The van der Waals surface area contributed by atoms with Crippen LogP contribution in [0.1, 0.15) is 31.7 Å². The summed E-state index contributed by atoms with van der Waals surface area (Å²) in [5.41, 5.74) is 0.593. The number of rotatable bonds is 8. The van der Waals surface area contributed by atoms with Gasteiger partial charge in [-0.25, -0.2) is 0 Å². The van der Waals surface area contributed by atoms with Crippen molar-refractivity contribution in [1.29, 1.82) is 5.26 Å². The Morgan fingerprint density at radius 1 is 1.40 bits per heavy atom. The molecule has 1 atom stereocenters. The summed E-state index contributed by atoms with van der Waals surface area (Å²) in [5.74, 6) is 0.804. The first kappa shape index (κ1) is 14.8. The fraction of sp³-hybridized carbons (Fsp3) is 0.562. The number of nitriles is 1. The maximum atomic E-state index is 9.26. The molecule has 2 rings (SSSR count). The standard InChI is InChI=1S/C16H22N2O2/c1-16(12-17,18-14-4-5-14)9-11-20-15-6-2-13(3-7-15)8-10-19/h2-3,6-7,14,18-19H,4-5,8-11H2,1H3. The van der Waals surface area contributed by atoms with Gasteiger partial charge >= 0.3 is 0 Å². The zero-order valence-corrected chi connectivity index (χ0v) is 11.9. The number of benzene rings is 1. The van der Waals surface area contributed by atoms with E-state index in [2.05, 4.69) is 11.4 Å². The molecule has 1 aromatic carbocycles. The molecule has 1 saturated carbocycles. The fourth-order valence-corrected chi connectivity index (χ4v) is 2.09. The van der Waals surface area contributed by atoms with Gasteiger partial charge < -0.3 is 9.84 Å². The minimum absolute atomic E-state index is 0.160. The first-order valence-corrected chi connectivity index (χ1v) is 7.17. The summed E-state index contributed by atoms with van der Waals surface area (Å²) in [6.07, 6.45) is 3.67. The Balaban J connectivity index is 1.77. The van der Waals surface area contributed by atoms with Gasteiger partial charge in [0.05, 0.1) is 12.7 Å². The van der Waals surface area contributed by atoms with E-state index in [9.17, 15) is 5.26 Å². The fourth-order valence-electron chi connectivity index (χ4n) is 2.09. The highest BCUT2D eigenvalue weighted by molar-refractivity contribution is 5.27. The normalized spacial score (nSPS) is 17.2. The molecule has 0 radical (unpaired) electrons.